The van der Waals surface area contributed by atoms with Crippen LogP contribution in [-0.2, 0) is 8.85 Å². The second-order valence-electron chi connectivity index (χ2n) is 8.89. The normalized spacial score (nSPS) is 14.6. The highest BCUT2D eigenvalue weighted by atomic mass is 28.4. The lowest BCUT2D eigenvalue weighted by Gasteiger charge is -2.36. The number of rotatable bonds is 8. The number of hydrogen-bond donors (Lipinski definition) is 0. The Morgan fingerprint density at radius 1 is 0.667 bits per heavy atom. The smallest absolute Gasteiger partial charge is 0.192 e. The summed E-state index contributed by atoms with van der Waals surface area (Å²) in [4.78, 5) is 0. The molecule has 0 rings (SSSR count). The monoisotopic (exact) mass is 332 g/mol. The predicted octanol–water partition coefficient (Wildman–Crippen LogP) is 4.63. The molecule has 0 aromatic heterocycles. The third-order valence-electron chi connectivity index (χ3n) is 5.04. The third kappa shape index (κ3) is 7.41. The Kier molecular flexibility index (Phi) is 7.84. The van der Waals surface area contributed by atoms with E-state index in [2.05, 4.69) is 73.0 Å². The van der Waals surface area contributed by atoms with Crippen LogP contribution in [-0.4, -0.2) is 42.9 Å². The van der Waals surface area contributed by atoms with Gasteiger partial charge < -0.3 is 8.85 Å². The van der Waals surface area contributed by atoms with Crippen LogP contribution in [0.1, 0.15) is 41.5 Å². The first-order valence-electron chi connectivity index (χ1n) is 8.12. The molecule has 5 heteroatoms. The van der Waals surface area contributed by atoms with E-state index in [9.17, 15) is 0 Å². The van der Waals surface area contributed by atoms with Crippen molar-refractivity contribution in [3.8, 4) is 0 Å². The van der Waals surface area contributed by atoms with E-state index in [-0.39, 0.29) is 10.1 Å². The zero-order valence-electron chi connectivity index (χ0n) is 16.1. The lowest BCUT2D eigenvalue weighted by atomic mass is 10.2. The van der Waals surface area contributed by atoms with Gasteiger partial charge in [-0.1, -0.05) is 41.5 Å². The summed E-state index contributed by atoms with van der Waals surface area (Å²) in [7, 11) is -3.23. The summed E-state index contributed by atoms with van der Waals surface area (Å²) in [6, 6.07) is 0. The van der Waals surface area contributed by atoms with Gasteiger partial charge in [0.05, 0.1) is 0 Å². The van der Waals surface area contributed by atoms with Gasteiger partial charge in [0.2, 0.25) is 0 Å². The largest absolute Gasteiger partial charge is 0.415 e. The maximum atomic E-state index is 6.11. The minimum Gasteiger partial charge on any atom is -0.415 e. The van der Waals surface area contributed by atoms with Crippen molar-refractivity contribution in [2.75, 3.05) is 26.3 Å². The van der Waals surface area contributed by atoms with Crippen molar-refractivity contribution < 1.29 is 8.85 Å². The first-order chi connectivity index (χ1) is 9.21. The van der Waals surface area contributed by atoms with Gasteiger partial charge >= 0.3 is 0 Å². The molecule has 0 atom stereocenters. The van der Waals surface area contributed by atoms with E-state index < -0.39 is 16.6 Å². The molecule has 1 radical (unpaired) electrons. The molecule has 127 valence electrons. The quantitative estimate of drug-likeness (QED) is 0.479. The topological polar surface area (TPSA) is 32.6 Å². The van der Waals surface area contributed by atoms with Gasteiger partial charge in [-0.3, -0.25) is 0 Å². The highest BCUT2D eigenvalue weighted by Crippen LogP contribution is 2.37. The molecule has 0 aromatic rings. The van der Waals surface area contributed by atoms with E-state index in [4.69, 9.17) is 8.85 Å². The first-order valence-corrected chi connectivity index (χ1v) is 13.9. The minimum atomic E-state index is -1.61. The fraction of sp³-hybridized carbons (Fsp3) is 1.00. The van der Waals surface area contributed by atoms with Gasteiger partial charge in [-0.05, 0) is 36.3 Å². The zero-order valence-corrected chi connectivity index (χ0v) is 18.1. The Balaban J connectivity index is 3.81. The average Bonchev–Trinajstić information content (AvgIpc) is 2.24. The van der Waals surface area contributed by atoms with E-state index >= 15 is 0 Å². The summed E-state index contributed by atoms with van der Waals surface area (Å²) >= 11 is 0. The van der Waals surface area contributed by atoms with E-state index in [1.54, 1.807) is 0 Å². The van der Waals surface area contributed by atoms with Gasteiger partial charge in [-0.2, -0.15) is 0 Å². The SMILES string of the molecule is CC(C)(C)[Si](C)(C)OCC[N]CCO[Si](C)(C)C(C)(C)C. The Labute approximate surface area is 135 Å². The zero-order chi connectivity index (χ0) is 16.9. The van der Waals surface area contributed by atoms with Crippen molar-refractivity contribution in [1.82, 2.24) is 5.32 Å². The van der Waals surface area contributed by atoms with Crippen LogP contribution in [0.15, 0.2) is 0 Å². The molecule has 0 aliphatic heterocycles. The van der Waals surface area contributed by atoms with Gasteiger partial charge in [0.25, 0.3) is 0 Å². The van der Waals surface area contributed by atoms with Crippen LogP contribution >= 0.6 is 0 Å². The molecule has 0 aliphatic rings. The van der Waals surface area contributed by atoms with E-state index in [0.29, 0.717) is 0 Å². The standard InChI is InChI=1S/C16H38NO2Si2/c1-15(2,3)20(7,8)18-13-11-17-12-14-19-21(9,10)16(4,5)6/h11-14H2,1-10H3. The average molecular weight is 333 g/mol. The highest BCUT2D eigenvalue weighted by Gasteiger charge is 2.37. The predicted molar refractivity (Wildman–Crippen MR) is 98.2 cm³/mol. The van der Waals surface area contributed by atoms with E-state index in [1.807, 2.05) is 0 Å². The van der Waals surface area contributed by atoms with E-state index in [0.717, 1.165) is 26.3 Å². The van der Waals surface area contributed by atoms with Crippen molar-refractivity contribution in [2.24, 2.45) is 0 Å². The fourth-order valence-electron chi connectivity index (χ4n) is 1.28. The van der Waals surface area contributed by atoms with Crippen molar-refractivity contribution in [3.63, 3.8) is 0 Å². The lowest BCUT2D eigenvalue weighted by molar-refractivity contribution is 0.261. The van der Waals surface area contributed by atoms with Crippen LogP contribution in [0.3, 0.4) is 0 Å². The fourth-order valence-corrected chi connectivity index (χ4v) is 3.34. The van der Waals surface area contributed by atoms with Gasteiger partial charge in [-0.25, -0.2) is 5.32 Å². The number of nitrogens with zero attached hydrogens (tertiary/aromatic N) is 1. The van der Waals surface area contributed by atoms with Crippen LogP contribution in [0.25, 0.3) is 0 Å². The molecule has 0 fully saturated rings. The lowest BCUT2D eigenvalue weighted by Crippen LogP contribution is -2.43. The van der Waals surface area contributed by atoms with Crippen molar-refractivity contribution in [1.29, 1.82) is 0 Å². The van der Waals surface area contributed by atoms with Crippen molar-refractivity contribution in [3.05, 3.63) is 0 Å². The van der Waals surface area contributed by atoms with Gasteiger partial charge in [0.15, 0.2) is 16.6 Å². The Bertz CT molecular complexity index is 274. The molecular weight excluding hydrogens is 294 g/mol. The van der Waals surface area contributed by atoms with Crippen LogP contribution in [0, 0.1) is 0 Å². The summed E-state index contributed by atoms with van der Waals surface area (Å²) in [5.74, 6) is 0. The summed E-state index contributed by atoms with van der Waals surface area (Å²) in [5, 5.41) is 5.09. The van der Waals surface area contributed by atoms with Gasteiger partial charge in [0, 0.05) is 26.3 Å². The molecule has 21 heavy (non-hydrogen) atoms. The highest BCUT2D eigenvalue weighted by molar-refractivity contribution is 6.74. The van der Waals surface area contributed by atoms with Gasteiger partial charge in [-0.15, -0.1) is 0 Å². The Hall–Kier alpha value is 0.314. The molecule has 0 saturated carbocycles. The summed E-state index contributed by atoms with van der Waals surface area (Å²) in [6.07, 6.45) is 0. The molecule has 0 heterocycles. The van der Waals surface area contributed by atoms with Crippen LogP contribution in [0.4, 0.5) is 0 Å². The molecule has 0 aromatic carbocycles. The molecule has 0 unspecified atom stereocenters. The van der Waals surface area contributed by atoms with Gasteiger partial charge in [0.1, 0.15) is 0 Å². The Morgan fingerprint density at radius 2 is 0.952 bits per heavy atom. The maximum absolute atomic E-state index is 6.11. The molecular formula is C16H38NO2Si2. The third-order valence-corrected chi connectivity index (χ3v) is 14.1. The molecule has 0 saturated heterocycles. The van der Waals surface area contributed by atoms with Crippen molar-refractivity contribution in [2.45, 2.75) is 77.8 Å². The second kappa shape index (κ2) is 7.73. The van der Waals surface area contributed by atoms with Crippen LogP contribution in [0.2, 0.25) is 36.3 Å². The molecule has 0 N–H and O–H groups in total. The second-order valence-corrected chi connectivity index (χ2v) is 18.5. The summed E-state index contributed by atoms with van der Waals surface area (Å²) in [5.41, 5.74) is 0. The molecule has 0 amide bonds. The summed E-state index contributed by atoms with van der Waals surface area (Å²) in [6.45, 7) is 25.8. The Morgan fingerprint density at radius 3 is 1.19 bits per heavy atom. The molecule has 0 aliphatic carbocycles. The summed E-state index contributed by atoms with van der Waals surface area (Å²) < 4.78 is 12.2. The van der Waals surface area contributed by atoms with E-state index in [1.165, 1.54) is 0 Å². The number of hydrogen-bond acceptors (Lipinski definition) is 2. The first kappa shape index (κ1) is 21.3. The molecule has 0 spiro atoms. The molecule has 3 nitrogen and oxygen atoms in total. The van der Waals surface area contributed by atoms with Crippen LogP contribution in [0.5, 0.6) is 0 Å². The van der Waals surface area contributed by atoms with Crippen LogP contribution < -0.4 is 5.32 Å². The maximum Gasteiger partial charge on any atom is 0.192 e. The van der Waals surface area contributed by atoms with Crippen molar-refractivity contribution >= 4 is 16.6 Å². The minimum absolute atomic E-state index is 0.276. The molecule has 0 bridgehead atoms.